The molecule has 0 aliphatic heterocycles. The lowest BCUT2D eigenvalue weighted by atomic mass is 10.2. The molecule has 0 radical (unpaired) electrons. The summed E-state index contributed by atoms with van der Waals surface area (Å²) in [5.74, 6) is 0.133. The highest BCUT2D eigenvalue weighted by Gasteiger charge is 2.16. The van der Waals surface area contributed by atoms with Crippen molar-refractivity contribution in [1.82, 2.24) is 19.9 Å². The number of rotatable bonds is 4. The van der Waals surface area contributed by atoms with Crippen LogP contribution in [0.2, 0.25) is 0 Å². The molecule has 0 saturated heterocycles. The lowest BCUT2D eigenvalue weighted by Crippen LogP contribution is -2.29. The number of nitrogens with one attached hydrogen (secondary N) is 1. The molecule has 0 unspecified atom stereocenters. The fraction of sp³-hybridized carbons (Fsp3) is 0.462. The van der Waals surface area contributed by atoms with Gasteiger partial charge in [-0.2, -0.15) is 0 Å². The van der Waals surface area contributed by atoms with E-state index in [1.807, 2.05) is 26.3 Å². The number of imidazole rings is 1. The lowest BCUT2D eigenvalue weighted by molar-refractivity contribution is 0.0943. The summed E-state index contributed by atoms with van der Waals surface area (Å²) in [6.45, 7) is 6.46. The van der Waals surface area contributed by atoms with Crippen LogP contribution in [0.4, 0.5) is 0 Å². The molecule has 1 N–H and O–H groups in total. The smallest absolute Gasteiger partial charge is 0.269 e. The Bertz CT molecular complexity index is 568. The molecule has 2 aromatic heterocycles. The lowest BCUT2D eigenvalue weighted by Gasteiger charge is -2.10. The van der Waals surface area contributed by atoms with Crippen LogP contribution in [0.1, 0.15) is 39.7 Å². The number of aryl methyl sites for hydroxylation is 3. The maximum absolute atomic E-state index is 12.1. The van der Waals surface area contributed by atoms with Gasteiger partial charge in [-0.15, -0.1) is 11.3 Å². The van der Waals surface area contributed by atoms with Gasteiger partial charge in [0.15, 0.2) is 0 Å². The highest BCUT2D eigenvalue weighted by Crippen LogP contribution is 2.19. The predicted molar refractivity (Wildman–Crippen MR) is 75.5 cm³/mol. The van der Waals surface area contributed by atoms with Crippen LogP contribution in [0, 0.1) is 13.8 Å². The second-order valence-corrected chi connectivity index (χ2v) is 5.62. The van der Waals surface area contributed by atoms with Gasteiger partial charge in [-0.1, -0.05) is 6.92 Å². The maximum atomic E-state index is 12.1. The van der Waals surface area contributed by atoms with E-state index in [0.717, 1.165) is 16.4 Å². The van der Waals surface area contributed by atoms with Crippen LogP contribution in [0.5, 0.6) is 0 Å². The highest BCUT2D eigenvalue weighted by atomic mass is 32.1. The SMILES string of the molecule is Cc1csc([C@H](C)CNC(=O)c2c(C)ncn2C)n1. The van der Waals surface area contributed by atoms with Crippen LogP contribution in [0.25, 0.3) is 0 Å². The van der Waals surface area contributed by atoms with Gasteiger partial charge >= 0.3 is 0 Å². The van der Waals surface area contributed by atoms with Crippen molar-refractivity contribution in [2.45, 2.75) is 26.7 Å². The molecule has 1 atom stereocenters. The first-order chi connectivity index (χ1) is 8.99. The molecule has 0 aliphatic rings. The van der Waals surface area contributed by atoms with E-state index < -0.39 is 0 Å². The number of amides is 1. The zero-order valence-electron chi connectivity index (χ0n) is 11.6. The largest absolute Gasteiger partial charge is 0.350 e. The number of hydrogen-bond acceptors (Lipinski definition) is 4. The van der Waals surface area contributed by atoms with Gasteiger partial charge in [0.05, 0.1) is 17.0 Å². The topological polar surface area (TPSA) is 59.8 Å². The van der Waals surface area contributed by atoms with Crippen molar-refractivity contribution in [1.29, 1.82) is 0 Å². The standard InChI is InChI=1S/C13H18N4OS/c1-8(13-16-9(2)6-19-13)5-14-12(18)11-10(3)15-7-17(11)4/h6-8H,5H2,1-4H3,(H,14,18)/t8-/m1/s1. The summed E-state index contributed by atoms with van der Waals surface area (Å²) in [5, 5.41) is 6.02. The Morgan fingerprint density at radius 1 is 1.53 bits per heavy atom. The number of hydrogen-bond donors (Lipinski definition) is 1. The highest BCUT2D eigenvalue weighted by molar-refractivity contribution is 7.09. The predicted octanol–water partition coefficient (Wildman–Crippen LogP) is 2.03. The Morgan fingerprint density at radius 2 is 2.26 bits per heavy atom. The minimum absolute atomic E-state index is 0.0855. The first kappa shape index (κ1) is 13.7. The molecular weight excluding hydrogens is 260 g/mol. The fourth-order valence-electron chi connectivity index (χ4n) is 1.89. The third-order valence-electron chi connectivity index (χ3n) is 2.96. The Labute approximate surface area is 116 Å². The molecule has 2 aromatic rings. The van der Waals surface area contributed by atoms with E-state index in [1.54, 1.807) is 22.2 Å². The van der Waals surface area contributed by atoms with Crippen LogP contribution in [-0.2, 0) is 7.05 Å². The van der Waals surface area contributed by atoms with Crippen molar-refractivity contribution in [2.75, 3.05) is 6.54 Å². The summed E-state index contributed by atoms with van der Waals surface area (Å²) >= 11 is 1.63. The Hall–Kier alpha value is -1.69. The van der Waals surface area contributed by atoms with Crippen molar-refractivity contribution in [3.05, 3.63) is 33.8 Å². The van der Waals surface area contributed by atoms with Crippen LogP contribution in [-0.4, -0.2) is 27.0 Å². The second-order valence-electron chi connectivity index (χ2n) is 4.73. The van der Waals surface area contributed by atoms with E-state index in [2.05, 4.69) is 22.2 Å². The molecule has 0 saturated carbocycles. The van der Waals surface area contributed by atoms with Crippen molar-refractivity contribution < 1.29 is 4.79 Å². The summed E-state index contributed by atoms with van der Waals surface area (Å²) in [6.07, 6.45) is 1.65. The fourth-order valence-corrected chi connectivity index (χ4v) is 2.74. The van der Waals surface area contributed by atoms with Crippen molar-refractivity contribution >= 4 is 17.2 Å². The Balaban J connectivity index is 1.97. The van der Waals surface area contributed by atoms with Crippen LogP contribution in [0.3, 0.4) is 0 Å². The number of nitrogens with zero attached hydrogens (tertiary/aromatic N) is 3. The van der Waals surface area contributed by atoms with E-state index in [9.17, 15) is 4.79 Å². The average Bonchev–Trinajstić information content (AvgIpc) is 2.93. The molecule has 2 heterocycles. The van der Waals surface area contributed by atoms with E-state index in [4.69, 9.17) is 0 Å². The van der Waals surface area contributed by atoms with Crippen LogP contribution < -0.4 is 5.32 Å². The van der Waals surface area contributed by atoms with Crippen molar-refractivity contribution in [3.8, 4) is 0 Å². The summed E-state index contributed by atoms with van der Waals surface area (Å²) in [4.78, 5) is 20.7. The second kappa shape index (κ2) is 5.52. The van der Waals surface area contributed by atoms with Gasteiger partial charge in [-0.25, -0.2) is 9.97 Å². The summed E-state index contributed by atoms with van der Waals surface area (Å²) < 4.78 is 1.74. The van der Waals surface area contributed by atoms with E-state index in [-0.39, 0.29) is 11.8 Å². The Morgan fingerprint density at radius 3 is 2.79 bits per heavy atom. The zero-order chi connectivity index (χ0) is 14.0. The monoisotopic (exact) mass is 278 g/mol. The third kappa shape index (κ3) is 3.01. The zero-order valence-corrected chi connectivity index (χ0v) is 12.4. The van der Waals surface area contributed by atoms with Crippen LogP contribution >= 0.6 is 11.3 Å². The molecule has 19 heavy (non-hydrogen) atoms. The first-order valence-electron chi connectivity index (χ1n) is 6.17. The number of thiazole rings is 1. The summed E-state index contributed by atoms with van der Waals surface area (Å²) in [6, 6.07) is 0. The van der Waals surface area contributed by atoms with Gasteiger partial charge in [0, 0.05) is 30.6 Å². The number of aromatic nitrogens is 3. The van der Waals surface area contributed by atoms with Gasteiger partial charge in [0.2, 0.25) is 0 Å². The molecule has 0 spiro atoms. The quantitative estimate of drug-likeness (QED) is 0.931. The maximum Gasteiger partial charge on any atom is 0.269 e. The van der Waals surface area contributed by atoms with E-state index >= 15 is 0 Å². The molecule has 2 rings (SSSR count). The number of carbonyl (C=O) groups is 1. The van der Waals surface area contributed by atoms with Gasteiger partial charge in [-0.3, -0.25) is 4.79 Å². The minimum Gasteiger partial charge on any atom is -0.350 e. The Kier molecular flexibility index (Phi) is 3.99. The molecule has 5 nitrogen and oxygen atoms in total. The normalized spacial score (nSPS) is 12.4. The molecule has 0 aliphatic carbocycles. The molecule has 0 bridgehead atoms. The molecule has 0 fully saturated rings. The average molecular weight is 278 g/mol. The van der Waals surface area contributed by atoms with E-state index in [0.29, 0.717) is 12.2 Å². The third-order valence-corrected chi connectivity index (χ3v) is 4.16. The molecule has 102 valence electrons. The summed E-state index contributed by atoms with van der Waals surface area (Å²) in [5.41, 5.74) is 2.39. The molecule has 6 heteroatoms. The molecular formula is C13H18N4OS. The first-order valence-corrected chi connectivity index (χ1v) is 7.05. The summed E-state index contributed by atoms with van der Waals surface area (Å²) in [7, 11) is 1.82. The van der Waals surface area contributed by atoms with Gasteiger partial charge in [-0.05, 0) is 13.8 Å². The molecule has 0 aromatic carbocycles. The van der Waals surface area contributed by atoms with Gasteiger partial charge in [0.25, 0.3) is 5.91 Å². The molecule has 1 amide bonds. The van der Waals surface area contributed by atoms with E-state index in [1.165, 1.54) is 0 Å². The van der Waals surface area contributed by atoms with Crippen LogP contribution in [0.15, 0.2) is 11.7 Å². The minimum atomic E-state index is -0.0855. The van der Waals surface area contributed by atoms with Crippen molar-refractivity contribution in [3.63, 3.8) is 0 Å². The van der Waals surface area contributed by atoms with Crippen molar-refractivity contribution in [2.24, 2.45) is 7.05 Å². The number of carbonyl (C=O) groups excluding carboxylic acids is 1. The van der Waals surface area contributed by atoms with Gasteiger partial charge in [0.1, 0.15) is 5.69 Å². The van der Waals surface area contributed by atoms with Gasteiger partial charge < -0.3 is 9.88 Å².